The molecule has 2 rings (SSSR count). The second-order valence-corrected chi connectivity index (χ2v) is 5.12. The zero-order valence-electron chi connectivity index (χ0n) is 11.3. The first-order chi connectivity index (χ1) is 8.20. The Morgan fingerprint density at radius 3 is 2.18 bits per heavy atom. The lowest BCUT2D eigenvalue weighted by atomic mass is 10.1. The van der Waals surface area contributed by atoms with E-state index in [0.717, 1.165) is 19.1 Å². The number of hydrogen-bond donors (Lipinski definition) is 0. The lowest BCUT2D eigenvalue weighted by Gasteiger charge is -2.39. The fourth-order valence-electron chi connectivity index (χ4n) is 2.43. The summed E-state index contributed by atoms with van der Waals surface area (Å²) in [5.41, 5.74) is 2.71. The van der Waals surface area contributed by atoms with Crippen molar-refractivity contribution in [2.24, 2.45) is 0 Å². The number of rotatable bonds is 3. The lowest BCUT2D eigenvalue weighted by Crippen LogP contribution is -2.49. The van der Waals surface area contributed by atoms with Gasteiger partial charge in [0.05, 0.1) is 0 Å². The van der Waals surface area contributed by atoms with Gasteiger partial charge in [-0.1, -0.05) is 24.6 Å². The van der Waals surface area contributed by atoms with Crippen molar-refractivity contribution in [2.45, 2.75) is 33.2 Å². The summed E-state index contributed by atoms with van der Waals surface area (Å²) >= 11 is 0. The summed E-state index contributed by atoms with van der Waals surface area (Å²) in [5.74, 6) is 0. The summed E-state index contributed by atoms with van der Waals surface area (Å²) < 4.78 is 0. The van der Waals surface area contributed by atoms with Gasteiger partial charge < -0.3 is 4.90 Å². The van der Waals surface area contributed by atoms with Crippen LogP contribution in [0, 0.1) is 6.92 Å². The summed E-state index contributed by atoms with van der Waals surface area (Å²) in [7, 11) is 0. The maximum atomic E-state index is 2.60. The predicted molar refractivity (Wildman–Crippen MR) is 74.7 cm³/mol. The van der Waals surface area contributed by atoms with Crippen LogP contribution in [0.5, 0.6) is 0 Å². The van der Waals surface area contributed by atoms with Crippen molar-refractivity contribution in [3.8, 4) is 0 Å². The molecule has 94 valence electrons. The average molecular weight is 232 g/mol. The highest BCUT2D eigenvalue weighted by Gasteiger charge is 2.19. The fraction of sp³-hybridized carbons (Fsp3) is 0.600. The maximum absolute atomic E-state index is 2.60. The SMILES string of the molecule is CCC(C)N1CCN(c2ccc(C)cc2)CC1. The molecule has 1 fully saturated rings. The van der Waals surface area contributed by atoms with Crippen LogP contribution >= 0.6 is 0 Å². The molecule has 0 aliphatic carbocycles. The molecule has 1 aromatic carbocycles. The number of aryl methyl sites for hydroxylation is 1. The summed E-state index contributed by atoms with van der Waals surface area (Å²) in [5, 5.41) is 0. The molecule has 0 N–H and O–H groups in total. The van der Waals surface area contributed by atoms with Crippen LogP contribution in [0.3, 0.4) is 0 Å². The third kappa shape index (κ3) is 3.01. The zero-order valence-corrected chi connectivity index (χ0v) is 11.3. The average Bonchev–Trinajstić information content (AvgIpc) is 2.39. The van der Waals surface area contributed by atoms with E-state index in [1.165, 1.54) is 30.8 Å². The zero-order chi connectivity index (χ0) is 12.3. The number of anilines is 1. The highest BCUT2D eigenvalue weighted by Crippen LogP contribution is 2.18. The molecule has 0 spiro atoms. The first kappa shape index (κ1) is 12.4. The smallest absolute Gasteiger partial charge is 0.0367 e. The minimum Gasteiger partial charge on any atom is -0.369 e. The Hall–Kier alpha value is -1.02. The Morgan fingerprint density at radius 2 is 1.65 bits per heavy atom. The maximum Gasteiger partial charge on any atom is 0.0367 e. The van der Waals surface area contributed by atoms with Gasteiger partial charge in [-0.2, -0.15) is 0 Å². The Balaban J connectivity index is 1.93. The van der Waals surface area contributed by atoms with Crippen LogP contribution in [0.2, 0.25) is 0 Å². The van der Waals surface area contributed by atoms with Gasteiger partial charge in [-0.15, -0.1) is 0 Å². The predicted octanol–water partition coefficient (Wildman–Crippen LogP) is 2.92. The van der Waals surface area contributed by atoms with Gasteiger partial charge in [-0.05, 0) is 32.4 Å². The van der Waals surface area contributed by atoms with Crippen molar-refractivity contribution in [2.75, 3.05) is 31.1 Å². The van der Waals surface area contributed by atoms with E-state index in [0.29, 0.717) is 0 Å². The normalized spacial score (nSPS) is 19.4. The summed E-state index contributed by atoms with van der Waals surface area (Å²) in [6, 6.07) is 9.63. The second-order valence-electron chi connectivity index (χ2n) is 5.12. The molecule has 1 aromatic rings. The van der Waals surface area contributed by atoms with Gasteiger partial charge in [0.15, 0.2) is 0 Å². The minimum atomic E-state index is 0.732. The van der Waals surface area contributed by atoms with E-state index in [4.69, 9.17) is 0 Å². The molecule has 0 amide bonds. The summed E-state index contributed by atoms with van der Waals surface area (Å²) in [6.45, 7) is 11.5. The van der Waals surface area contributed by atoms with Crippen LogP contribution in [-0.2, 0) is 0 Å². The summed E-state index contributed by atoms with van der Waals surface area (Å²) in [6.07, 6.45) is 1.25. The molecule has 2 heteroatoms. The molecule has 0 saturated carbocycles. The van der Waals surface area contributed by atoms with Gasteiger partial charge in [0.1, 0.15) is 0 Å². The topological polar surface area (TPSA) is 6.48 Å². The molecule has 17 heavy (non-hydrogen) atoms. The first-order valence-electron chi connectivity index (χ1n) is 6.76. The minimum absolute atomic E-state index is 0.732. The second kappa shape index (κ2) is 5.54. The molecule has 2 nitrogen and oxygen atoms in total. The van der Waals surface area contributed by atoms with Gasteiger partial charge in [-0.3, -0.25) is 4.90 Å². The van der Waals surface area contributed by atoms with Crippen LogP contribution in [0.15, 0.2) is 24.3 Å². The van der Waals surface area contributed by atoms with E-state index in [9.17, 15) is 0 Å². The number of hydrogen-bond acceptors (Lipinski definition) is 2. The van der Waals surface area contributed by atoms with Gasteiger partial charge in [0.2, 0.25) is 0 Å². The van der Waals surface area contributed by atoms with Gasteiger partial charge >= 0.3 is 0 Å². The standard InChI is InChI=1S/C15H24N2/c1-4-14(3)16-9-11-17(12-10-16)15-7-5-13(2)6-8-15/h5-8,14H,4,9-12H2,1-3H3. The molecule has 1 heterocycles. The molecular formula is C15H24N2. The van der Waals surface area contributed by atoms with Crippen LogP contribution in [0.1, 0.15) is 25.8 Å². The van der Waals surface area contributed by atoms with Gasteiger partial charge in [0, 0.05) is 37.9 Å². The molecule has 1 saturated heterocycles. The third-order valence-corrected chi connectivity index (χ3v) is 3.93. The molecule has 1 atom stereocenters. The molecule has 1 unspecified atom stereocenters. The quantitative estimate of drug-likeness (QED) is 0.790. The number of nitrogens with zero attached hydrogens (tertiary/aromatic N) is 2. The largest absolute Gasteiger partial charge is 0.369 e. The van der Waals surface area contributed by atoms with Crippen LogP contribution in [0.25, 0.3) is 0 Å². The molecule has 0 aromatic heterocycles. The molecule has 0 bridgehead atoms. The van der Waals surface area contributed by atoms with E-state index in [2.05, 4.69) is 54.8 Å². The van der Waals surface area contributed by atoms with Crippen molar-refractivity contribution in [3.63, 3.8) is 0 Å². The van der Waals surface area contributed by atoms with Crippen molar-refractivity contribution >= 4 is 5.69 Å². The van der Waals surface area contributed by atoms with Crippen LogP contribution < -0.4 is 4.90 Å². The Kier molecular flexibility index (Phi) is 4.06. The van der Waals surface area contributed by atoms with Gasteiger partial charge in [0.25, 0.3) is 0 Å². The number of benzene rings is 1. The van der Waals surface area contributed by atoms with Crippen molar-refractivity contribution in [1.82, 2.24) is 4.90 Å². The van der Waals surface area contributed by atoms with Crippen LogP contribution in [0.4, 0.5) is 5.69 Å². The van der Waals surface area contributed by atoms with Crippen molar-refractivity contribution < 1.29 is 0 Å². The molecule has 0 radical (unpaired) electrons. The van der Waals surface area contributed by atoms with E-state index >= 15 is 0 Å². The van der Waals surface area contributed by atoms with Gasteiger partial charge in [-0.25, -0.2) is 0 Å². The molecular weight excluding hydrogens is 208 g/mol. The third-order valence-electron chi connectivity index (χ3n) is 3.93. The van der Waals surface area contributed by atoms with Crippen molar-refractivity contribution in [3.05, 3.63) is 29.8 Å². The lowest BCUT2D eigenvalue weighted by molar-refractivity contribution is 0.193. The monoisotopic (exact) mass is 232 g/mol. The molecule has 1 aliphatic heterocycles. The first-order valence-corrected chi connectivity index (χ1v) is 6.76. The highest BCUT2D eigenvalue weighted by atomic mass is 15.3. The van der Waals surface area contributed by atoms with E-state index < -0.39 is 0 Å². The summed E-state index contributed by atoms with van der Waals surface area (Å²) in [4.78, 5) is 5.10. The Morgan fingerprint density at radius 1 is 1.06 bits per heavy atom. The molecule has 1 aliphatic rings. The van der Waals surface area contributed by atoms with E-state index in [-0.39, 0.29) is 0 Å². The van der Waals surface area contributed by atoms with E-state index in [1.54, 1.807) is 0 Å². The van der Waals surface area contributed by atoms with Crippen LogP contribution in [-0.4, -0.2) is 37.1 Å². The fourth-order valence-corrected chi connectivity index (χ4v) is 2.43. The Labute approximate surface area is 105 Å². The van der Waals surface area contributed by atoms with Crippen molar-refractivity contribution in [1.29, 1.82) is 0 Å². The highest BCUT2D eigenvalue weighted by molar-refractivity contribution is 5.47. The number of piperazine rings is 1. The Bertz CT molecular complexity index is 336. The van der Waals surface area contributed by atoms with E-state index in [1.807, 2.05) is 0 Å².